The van der Waals surface area contributed by atoms with Crippen molar-refractivity contribution in [1.29, 1.82) is 10.5 Å². The van der Waals surface area contributed by atoms with Crippen molar-refractivity contribution < 1.29 is 19.7 Å². The van der Waals surface area contributed by atoms with Gasteiger partial charge in [-0.3, -0.25) is 4.79 Å². The second-order valence-electron chi connectivity index (χ2n) is 5.44. The lowest BCUT2D eigenvalue weighted by Gasteiger charge is -2.12. The van der Waals surface area contributed by atoms with Crippen molar-refractivity contribution in [2.24, 2.45) is 0 Å². The number of methoxy groups -OCH3 is 1. The highest BCUT2D eigenvalue weighted by Crippen LogP contribution is 2.35. The number of phenols is 1. The number of rotatable bonds is 6. The van der Waals surface area contributed by atoms with Crippen LogP contribution in [0.25, 0.3) is 0 Å². The van der Waals surface area contributed by atoms with E-state index in [1.54, 1.807) is 0 Å². The summed E-state index contributed by atoms with van der Waals surface area (Å²) in [6, 6.07) is 12.6. The van der Waals surface area contributed by atoms with Gasteiger partial charge in [0.15, 0.2) is 11.5 Å². The van der Waals surface area contributed by atoms with E-state index >= 15 is 0 Å². The van der Waals surface area contributed by atoms with Crippen LogP contribution in [0.4, 0.5) is 0 Å². The quantitative estimate of drug-likeness (QED) is 0.838. The number of aryl methyl sites for hydroxylation is 1. The highest BCUT2D eigenvalue weighted by atomic mass is 16.5. The Morgan fingerprint density at radius 2 is 1.80 bits per heavy atom. The second kappa shape index (κ2) is 7.85. The summed E-state index contributed by atoms with van der Waals surface area (Å²) in [5, 5.41) is 37.5. The smallest absolute Gasteiger partial charge is 0.303 e. The molecule has 0 saturated carbocycles. The Morgan fingerprint density at radius 1 is 1.16 bits per heavy atom. The lowest BCUT2D eigenvalue weighted by molar-refractivity contribution is -0.136. The fraction of sp³-hybridized carbons (Fsp3) is 0.211. The van der Waals surface area contributed by atoms with E-state index in [-0.39, 0.29) is 29.0 Å². The molecule has 0 unspecified atom stereocenters. The summed E-state index contributed by atoms with van der Waals surface area (Å²) >= 11 is 0. The molecular formula is C19H16N2O4. The van der Waals surface area contributed by atoms with Crippen LogP contribution in [-0.2, 0) is 17.6 Å². The molecule has 126 valence electrons. The van der Waals surface area contributed by atoms with E-state index in [4.69, 9.17) is 9.84 Å². The first kappa shape index (κ1) is 17.8. The van der Waals surface area contributed by atoms with E-state index in [1.165, 1.54) is 13.2 Å². The number of aliphatic carboxylic acids is 1. The zero-order chi connectivity index (χ0) is 18.4. The molecule has 6 nitrogen and oxygen atoms in total. The molecule has 6 heteroatoms. The fourth-order valence-corrected chi connectivity index (χ4v) is 2.53. The van der Waals surface area contributed by atoms with Crippen molar-refractivity contribution in [1.82, 2.24) is 0 Å². The zero-order valence-electron chi connectivity index (χ0n) is 13.6. The monoisotopic (exact) mass is 336 g/mol. The predicted octanol–water partition coefficient (Wildman–Crippen LogP) is 2.75. The molecule has 0 aliphatic carbocycles. The second-order valence-corrected chi connectivity index (χ2v) is 5.44. The number of carboxylic acid groups (broad SMARTS) is 1. The van der Waals surface area contributed by atoms with Crippen molar-refractivity contribution in [3.05, 3.63) is 58.1 Å². The lowest BCUT2D eigenvalue weighted by Crippen LogP contribution is -2.00. The number of carbonyl (C=O) groups is 1. The van der Waals surface area contributed by atoms with Gasteiger partial charge in [-0.15, -0.1) is 0 Å². The third-order valence-electron chi connectivity index (χ3n) is 3.86. The molecule has 0 saturated heterocycles. The molecule has 0 aromatic heterocycles. The summed E-state index contributed by atoms with van der Waals surface area (Å²) in [6.07, 6.45) is 0.789. The van der Waals surface area contributed by atoms with E-state index in [0.29, 0.717) is 18.4 Å². The van der Waals surface area contributed by atoms with Gasteiger partial charge in [-0.2, -0.15) is 10.5 Å². The molecule has 25 heavy (non-hydrogen) atoms. The van der Waals surface area contributed by atoms with Gasteiger partial charge in [-0.05, 0) is 23.1 Å². The third-order valence-corrected chi connectivity index (χ3v) is 3.86. The average Bonchev–Trinajstić information content (AvgIpc) is 2.61. The van der Waals surface area contributed by atoms with E-state index in [9.17, 15) is 20.4 Å². The summed E-state index contributed by atoms with van der Waals surface area (Å²) in [5.74, 6) is -1.05. The van der Waals surface area contributed by atoms with Crippen LogP contribution in [0, 0.1) is 22.7 Å². The number of phenolic OH excluding ortho intramolecular Hbond substituents is 1. The summed E-state index contributed by atoms with van der Waals surface area (Å²) in [5.41, 5.74) is 2.45. The normalized spacial score (nSPS) is 9.88. The fourth-order valence-electron chi connectivity index (χ4n) is 2.53. The molecule has 0 amide bonds. The van der Waals surface area contributed by atoms with Gasteiger partial charge in [0.1, 0.15) is 11.6 Å². The van der Waals surface area contributed by atoms with Crippen LogP contribution in [0.5, 0.6) is 11.5 Å². The van der Waals surface area contributed by atoms with Gasteiger partial charge in [0.05, 0.1) is 18.7 Å². The average molecular weight is 336 g/mol. The van der Waals surface area contributed by atoms with Crippen LogP contribution >= 0.6 is 0 Å². The number of hydrogen-bond acceptors (Lipinski definition) is 5. The van der Waals surface area contributed by atoms with E-state index in [1.807, 2.05) is 36.4 Å². The molecule has 0 aliphatic rings. The molecule has 0 atom stereocenters. The first-order valence-electron chi connectivity index (χ1n) is 7.52. The Kier molecular flexibility index (Phi) is 5.60. The highest BCUT2D eigenvalue weighted by molar-refractivity contribution is 5.67. The Balaban J connectivity index is 2.34. The van der Waals surface area contributed by atoms with Crippen LogP contribution in [0.15, 0.2) is 30.3 Å². The van der Waals surface area contributed by atoms with Crippen molar-refractivity contribution in [2.45, 2.75) is 19.3 Å². The van der Waals surface area contributed by atoms with Gasteiger partial charge in [-0.1, -0.05) is 24.3 Å². The molecule has 0 radical (unpaired) electrons. The molecule has 2 rings (SSSR count). The Morgan fingerprint density at radius 3 is 2.32 bits per heavy atom. The minimum absolute atomic E-state index is 0.0193. The van der Waals surface area contributed by atoms with Crippen LogP contribution in [0.3, 0.4) is 0 Å². The number of nitrogens with zero attached hydrogens (tertiary/aromatic N) is 2. The van der Waals surface area contributed by atoms with Crippen molar-refractivity contribution >= 4 is 5.97 Å². The zero-order valence-corrected chi connectivity index (χ0v) is 13.6. The molecule has 0 heterocycles. The van der Waals surface area contributed by atoms with Gasteiger partial charge in [0.25, 0.3) is 0 Å². The molecule has 0 fully saturated rings. The third kappa shape index (κ3) is 4.07. The minimum atomic E-state index is -0.852. The summed E-state index contributed by atoms with van der Waals surface area (Å²) in [7, 11) is 1.35. The van der Waals surface area contributed by atoms with E-state index in [0.717, 1.165) is 11.1 Å². The Hall–Kier alpha value is -3.51. The Labute approximate surface area is 145 Å². The van der Waals surface area contributed by atoms with E-state index in [2.05, 4.69) is 0 Å². The largest absolute Gasteiger partial charge is 0.503 e. The summed E-state index contributed by atoms with van der Waals surface area (Å²) in [6.45, 7) is 0. The summed E-state index contributed by atoms with van der Waals surface area (Å²) in [4.78, 5) is 10.6. The van der Waals surface area contributed by atoms with Crippen LogP contribution in [0.1, 0.15) is 34.2 Å². The first-order chi connectivity index (χ1) is 12.0. The molecular weight excluding hydrogens is 320 g/mol. The molecule has 2 aromatic rings. The molecule has 0 bridgehead atoms. The predicted molar refractivity (Wildman–Crippen MR) is 89.3 cm³/mol. The first-order valence-corrected chi connectivity index (χ1v) is 7.52. The van der Waals surface area contributed by atoms with Gasteiger partial charge >= 0.3 is 5.97 Å². The summed E-state index contributed by atoms with van der Waals surface area (Å²) < 4.78 is 5.00. The minimum Gasteiger partial charge on any atom is -0.503 e. The molecule has 0 spiro atoms. The van der Waals surface area contributed by atoms with Crippen LogP contribution in [0.2, 0.25) is 0 Å². The maximum atomic E-state index is 10.6. The molecule has 2 aromatic carbocycles. The van der Waals surface area contributed by atoms with Crippen LogP contribution in [-0.4, -0.2) is 23.3 Å². The Bertz CT molecular complexity index is 874. The van der Waals surface area contributed by atoms with Crippen molar-refractivity contribution in [2.75, 3.05) is 7.11 Å². The molecule has 0 aliphatic heterocycles. The van der Waals surface area contributed by atoms with Gasteiger partial charge < -0.3 is 14.9 Å². The van der Waals surface area contributed by atoms with Crippen molar-refractivity contribution in [3.63, 3.8) is 0 Å². The maximum absolute atomic E-state index is 10.6. The number of ether oxygens (including phenoxy) is 1. The lowest BCUT2D eigenvalue weighted by atomic mass is 9.94. The number of hydrogen-bond donors (Lipinski definition) is 2. The standard InChI is InChI=1S/C19H16N2O4/c1-25-17-9-14(10-20)15(16(11-21)19(17)24)8-13-4-2-12(3-5-13)6-7-18(22)23/h2-5,9,24H,6-8H2,1H3,(H,22,23). The highest BCUT2D eigenvalue weighted by Gasteiger charge is 2.18. The SMILES string of the molecule is COc1cc(C#N)c(Cc2ccc(CCC(=O)O)cc2)c(C#N)c1O. The number of carboxylic acids is 1. The molecule has 2 N–H and O–H groups in total. The van der Waals surface area contributed by atoms with Gasteiger partial charge in [0, 0.05) is 18.9 Å². The number of aromatic hydroxyl groups is 1. The topological polar surface area (TPSA) is 114 Å². The van der Waals surface area contributed by atoms with Crippen LogP contribution < -0.4 is 4.74 Å². The van der Waals surface area contributed by atoms with Crippen molar-refractivity contribution in [3.8, 4) is 23.6 Å². The number of benzene rings is 2. The number of nitriles is 2. The maximum Gasteiger partial charge on any atom is 0.303 e. The van der Waals surface area contributed by atoms with Gasteiger partial charge in [0.2, 0.25) is 0 Å². The van der Waals surface area contributed by atoms with Gasteiger partial charge in [-0.25, -0.2) is 0 Å². The van der Waals surface area contributed by atoms with E-state index < -0.39 is 5.97 Å².